The number of ether oxygens (including phenoxy) is 1. The number of anilines is 1. The number of carbonyl (C=O) groups is 1. The molecule has 2 aromatic carbocycles. The molecule has 1 N–H and O–H groups in total. The molecule has 0 amide bonds. The standard InChI is InChI=1S/C25H23NO3/c27-24-21(25(28)29-17-8-2-1-3-9-17)12-20-18-10-4-6-15(18)13-26-14-16-7-5-11-19(16)22(24)23(20)26/h1-5,8-12,15-16,18-19,27H,6-7,13-14H2. The number of benzene rings is 2. The van der Waals surface area contributed by atoms with Gasteiger partial charge in [-0.3, -0.25) is 0 Å². The number of rotatable bonds is 2. The second-order valence-corrected chi connectivity index (χ2v) is 8.63. The molecular formula is C25H23NO3. The van der Waals surface area contributed by atoms with Gasteiger partial charge in [0.1, 0.15) is 17.1 Å². The van der Waals surface area contributed by atoms with Crippen LogP contribution in [0.1, 0.15) is 46.2 Å². The van der Waals surface area contributed by atoms with Crippen molar-refractivity contribution >= 4 is 11.7 Å². The van der Waals surface area contributed by atoms with Gasteiger partial charge in [0.05, 0.1) is 0 Å². The smallest absolute Gasteiger partial charge is 0.347 e. The van der Waals surface area contributed by atoms with E-state index in [0.717, 1.165) is 37.2 Å². The molecule has 0 saturated carbocycles. The van der Waals surface area contributed by atoms with Gasteiger partial charge in [0, 0.05) is 36.2 Å². The van der Waals surface area contributed by atoms with Crippen molar-refractivity contribution in [3.05, 3.63) is 77.4 Å². The lowest BCUT2D eigenvalue weighted by Crippen LogP contribution is -2.44. The molecule has 4 aliphatic rings. The van der Waals surface area contributed by atoms with Crippen molar-refractivity contribution < 1.29 is 14.6 Å². The molecular weight excluding hydrogens is 362 g/mol. The quantitative estimate of drug-likeness (QED) is 0.460. The molecule has 6 rings (SSSR count). The van der Waals surface area contributed by atoms with Gasteiger partial charge in [-0.25, -0.2) is 4.79 Å². The summed E-state index contributed by atoms with van der Waals surface area (Å²) in [6.45, 7) is 2.04. The summed E-state index contributed by atoms with van der Waals surface area (Å²) in [5.41, 5.74) is 3.52. The van der Waals surface area contributed by atoms with Crippen LogP contribution < -0.4 is 9.64 Å². The van der Waals surface area contributed by atoms with Crippen molar-refractivity contribution in [2.45, 2.75) is 24.7 Å². The van der Waals surface area contributed by atoms with E-state index in [1.165, 1.54) is 5.56 Å². The fraction of sp³-hybridized carbons (Fsp3) is 0.320. The number of nitrogens with zero attached hydrogens (tertiary/aromatic N) is 1. The molecule has 2 aliphatic heterocycles. The van der Waals surface area contributed by atoms with E-state index in [1.807, 2.05) is 24.3 Å². The summed E-state index contributed by atoms with van der Waals surface area (Å²) in [7, 11) is 0. The number of esters is 1. The molecule has 2 aliphatic carbocycles. The number of fused-ring (bicyclic) bond motifs is 4. The van der Waals surface area contributed by atoms with Crippen LogP contribution in [0.3, 0.4) is 0 Å². The molecule has 4 unspecified atom stereocenters. The Kier molecular flexibility index (Phi) is 3.64. The molecule has 146 valence electrons. The average Bonchev–Trinajstić information content (AvgIpc) is 3.39. The molecule has 4 atom stereocenters. The van der Waals surface area contributed by atoms with Crippen LogP contribution >= 0.6 is 0 Å². The number of para-hydroxylation sites is 1. The fourth-order valence-corrected chi connectivity index (χ4v) is 5.73. The highest BCUT2D eigenvalue weighted by atomic mass is 16.5. The van der Waals surface area contributed by atoms with Crippen molar-refractivity contribution in [2.24, 2.45) is 11.8 Å². The van der Waals surface area contributed by atoms with Crippen LogP contribution in [0, 0.1) is 11.8 Å². The van der Waals surface area contributed by atoms with Crippen LogP contribution in [0.5, 0.6) is 11.5 Å². The maximum atomic E-state index is 13.0. The topological polar surface area (TPSA) is 49.8 Å². The Morgan fingerprint density at radius 2 is 1.69 bits per heavy atom. The summed E-state index contributed by atoms with van der Waals surface area (Å²) in [5, 5.41) is 11.3. The Labute approximate surface area is 170 Å². The molecule has 0 fully saturated rings. The van der Waals surface area contributed by atoms with E-state index in [9.17, 15) is 9.90 Å². The van der Waals surface area contributed by atoms with Crippen molar-refractivity contribution in [2.75, 3.05) is 18.0 Å². The SMILES string of the molecule is O=C(Oc1ccccc1)c1cc2c3c(c1O)C1C=CCC1CN3CC1CC=CC21. The third-order valence-corrected chi connectivity index (χ3v) is 7.01. The average molecular weight is 385 g/mol. The number of phenols is 1. The van der Waals surface area contributed by atoms with Gasteiger partial charge >= 0.3 is 5.97 Å². The molecule has 2 aromatic rings. The third kappa shape index (κ3) is 2.48. The zero-order chi connectivity index (χ0) is 19.5. The van der Waals surface area contributed by atoms with Crippen molar-refractivity contribution in [3.8, 4) is 11.5 Å². The lowest BCUT2D eigenvalue weighted by molar-refractivity contribution is 0.0731. The minimum Gasteiger partial charge on any atom is -0.507 e. The highest BCUT2D eigenvalue weighted by molar-refractivity contribution is 5.96. The molecule has 0 saturated heterocycles. The zero-order valence-electron chi connectivity index (χ0n) is 16.1. The zero-order valence-corrected chi connectivity index (χ0v) is 16.1. The number of phenolic OH excluding ortho intramolecular Hbond substituents is 1. The summed E-state index contributed by atoms with van der Waals surface area (Å²) in [6, 6.07) is 10.9. The van der Waals surface area contributed by atoms with Gasteiger partial charge < -0.3 is 14.7 Å². The van der Waals surface area contributed by atoms with Gasteiger partial charge in [0.2, 0.25) is 0 Å². The van der Waals surface area contributed by atoms with Crippen LogP contribution in [0.2, 0.25) is 0 Å². The number of aromatic hydroxyl groups is 1. The van der Waals surface area contributed by atoms with Crippen LogP contribution in [0.15, 0.2) is 60.7 Å². The Balaban J connectivity index is 1.51. The lowest BCUT2D eigenvalue weighted by Gasteiger charge is -2.46. The van der Waals surface area contributed by atoms with Gasteiger partial charge in [-0.05, 0) is 48.4 Å². The first-order chi connectivity index (χ1) is 14.2. The Morgan fingerprint density at radius 3 is 2.45 bits per heavy atom. The molecule has 2 heterocycles. The highest BCUT2D eigenvalue weighted by Crippen LogP contribution is 2.56. The first-order valence-electron chi connectivity index (χ1n) is 10.5. The Bertz CT molecular complexity index is 1050. The molecule has 4 nitrogen and oxygen atoms in total. The minimum atomic E-state index is -0.493. The molecule has 0 aromatic heterocycles. The monoisotopic (exact) mass is 385 g/mol. The van der Waals surface area contributed by atoms with Crippen molar-refractivity contribution in [1.82, 2.24) is 0 Å². The van der Waals surface area contributed by atoms with E-state index in [0.29, 0.717) is 23.5 Å². The second-order valence-electron chi connectivity index (χ2n) is 8.63. The van der Waals surface area contributed by atoms with E-state index >= 15 is 0 Å². The van der Waals surface area contributed by atoms with E-state index < -0.39 is 5.97 Å². The van der Waals surface area contributed by atoms with Gasteiger partial charge in [0.25, 0.3) is 0 Å². The van der Waals surface area contributed by atoms with Gasteiger partial charge in [-0.15, -0.1) is 0 Å². The number of hydrogen-bond donors (Lipinski definition) is 1. The molecule has 29 heavy (non-hydrogen) atoms. The van der Waals surface area contributed by atoms with Crippen LogP contribution in [0.25, 0.3) is 0 Å². The largest absolute Gasteiger partial charge is 0.507 e. The normalized spacial score (nSPS) is 28.1. The van der Waals surface area contributed by atoms with E-state index in [-0.39, 0.29) is 17.2 Å². The number of allylic oxidation sites excluding steroid dienone is 4. The highest BCUT2D eigenvalue weighted by Gasteiger charge is 2.44. The van der Waals surface area contributed by atoms with Gasteiger partial charge in [0.15, 0.2) is 0 Å². The fourth-order valence-electron chi connectivity index (χ4n) is 5.73. The predicted octanol–water partition coefficient (Wildman–Crippen LogP) is 4.76. The van der Waals surface area contributed by atoms with Crippen LogP contribution in [-0.2, 0) is 0 Å². The maximum Gasteiger partial charge on any atom is 0.347 e. The van der Waals surface area contributed by atoms with E-state index in [4.69, 9.17) is 4.74 Å². The van der Waals surface area contributed by atoms with Crippen molar-refractivity contribution in [3.63, 3.8) is 0 Å². The summed E-state index contributed by atoms with van der Waals surface area (Å²) >= 11 is 0. The summed E-state index contributed by atoms with van der Waals surface area (Å²) < 4.78 is 5.59. The summed E-state index contributed by atoms with van der Waals surface area (Å²) in [5.74, 6) is 1.58. The molecule has 0 bridgehead atoms. The Morgan fingerprint density at radius 1 is 1.00 bits per heavy atom. The second kappa shape index (κ2) is 6.24. The first-order valence-corrected chi connectivity index (χ1v) is 10.5. The van der Waals surface area contributed by atoms with Crippen molar-refractivity contribution in [1.29, 1.82) is 0 Å². The summed E-state index contributed by atoms with van der Waals surface area (Å²) in [4.78, 5) is 15.5. The number of hydrogen-bond acceptors (Lipinski definition) is 4. The first kappa shape index (κ1) is 16.9. The summed E-state index contributed by atoms with van der Waals surface area (Å²) in [6.07, 6.45) is 11.1. The minimum absolute atomic E-state index is 0.0938. The molecule has 4 heteroatoms. The van der Waals surface area contributed by atoms with Gasteiger partial charge in [-0.1, -0.05) is 42.5 Å². The van der Waals surface area contributed by atoms with Crippen LogP contribution in [-0.4, -0.2) is 24.2 Å². The maximum absolute atomic E-state index is 13.0. The van der Waals surface area contributed by atoms with E-state index in [2.05, 4.69) is 29.2 Å². The Hall–Kier alpha value is -3.01. The predicted molar refractivity (Wildman–Crippen MR) is 112 cm³/mol. The molecule has 0 spiro atoms. The van der Waals surface area contributed by atoms with Gasteiger partial charge in [-0.2, -0.15) is 0 Å². The van der Waals surface area contributed by atoms with E-state index in [1.54, 1.807) is 12.1 Å². The molecule has 0 radical (unpaired) electrons. The third-order valence-electron chi connectivity index (χ3n) is 7.01. The van der Waals surface area contributed by atoms with Crippen LogP contribution in [0.4, 0.5) is 5.69 Å². The lowest BCUT2D eigenvalue weighted by atomic mass is 9.74. The number of carbonyl (C=O) groups excluding carboxylic acids is 1.